The lowest BCUT2D eigenvalue weighted by molar-refractivity contribution is -0.384. The molecular formula is C23H16BrN3O5. The number of nitriles is 1. The van der Waals surface area contributed by atoms with Gasteiger partial charge in [-0.05, 0) is 47.5 Å². The maximum absolute atomic E-state index is 12.4. The van der Waals surface area contributed by atoms with Gasteiger partial charge in [-0.1, -0.05) is 40.2 Å². The Kier molecular flexibility index (Phi) is 7.21. The standard InChI is InChI=1S/C23H16BrN3O5/c24-18-5-1-16(2-6-18)14-32-20-8-3-15(4-9-20)11-17(13-25)23(29)26-21-10-7-19(27(30)31)12-22(21)28/h1-12,28H,14H2,(H,26,29)/b17-11+. The van der Waals surface area contributed by atoms with Gasteiger partial charge in [0.15, 0.2) is 0 Å². The van der Waals surface area contributed by atoms with Crippen molar-refractivity contribution >= 4 is 39.3 Å². The summed E-state index contributed by atoms with van der Waals surface area (Å²) in [5.74, 6) is -0.604. The molecule has 0 spiro atoms. The van der Waals surface area contributed by atoms with E-state index in [-0.39, 0.29) is 16.9 Å². The summed E-state index contributed by atoms with van der Waals surface area (Å²) in [4.78, 5) is 22.5. The summed E-state index contributed by atoms with van der Waals surface area (Å²) >= 11 is 3.38. The van der Waals surface area contributed by atoms with E-state index in [2.05, 4.69) is 21.2 Å². The predicted molar refractivity (Wildman–Crippen MR) is 122 cm³/mol. The lowest BCUT2D eigenvalue weighted by Gasteiger charge is -2.08. The number of nitro groups is 1. The fourth-order valence-corrected chi connectivity index (χ4v) is 2.92. The summed E-state index contributed by atoms with van der Waals surface area (Å²) in [5.41, 5.74) is 1.04. The second kappa shape index (κ2) is 10.2. The van der Waals surface area contributed by atoms with Crippen molar-refractivity contribution in [1.29, 1.82) is 5.26 Å². The largest absolute Gasteiger partial charge is 0.506 e. The van der Waals surface area contributed by atoms with Crippen LogP contribution >= 0.6 is 15.9 Å². The third-order valence-electron chi connectivity index (χ3n) is 4.32. The van der Waals surface area contributed by atoms with E-state index in [1.807, 2.05) is 30.3 Å². The second-order valence-electron chi connectivity index (χ2n) is 6.57. The molecule has 0 atom stereocenters. The monoisotopic (exact) mass is 493 g/mol. The van der Waals surface area contributed by atoms with Crippen LogP contribution in [0.3, 0.4) is 0 Å². The average molecular weight is 494 g/mol. The van der Waals surface area contributed by atoms with Crippen molar-refractivity contribution in [3.63, 3.8) is 0 Å². The molecule has 0 aromatic heterocycles. The molecule has 0 aliphatic rings. The quantitative estimate of drug-likeness (QED) is 0.153. The van der Waals surface area contributed by atoms with Crippen LogP contribution in [0.2, 0.25) is 0 Å². The minimum Gasteiger partial charge on any atom is -0.506 e. The maximum atomic E-state index is 12.4. The van der Waals surface area contributed by atoms with Crippen LogP contribution in [0.1, 0.15) is 11.1 Å². The molecule has 0 saturated heterocycles. The molecule has 3 rings (SSSR count). The Hall–Kier alpha value is -4.16. The Morgan fingerprint density at radius 2 is 1.84 bits per heavy atom. The molecule has 0 bridgehead atoms. The zero-order valence-electron chi connectivity index (χ0n) is 16.5. The number of carbonyl (C=O) groups excluding carboxylic acids is 1. The molecule has 3 aromatic rings. The number of anilines is 1. The SMILES string of the molecule is N#C/C(=C\c1ccc(OCc2ccc(Br)cc2)cc1)C(=O)Nc1ccc([N+](=O)[O-])cc1O. The number of hydrogen-bond acceptors (Lipinski definition) is 6. The van der Waals surface area contributed by atoms with Crippen LogP contribution in [0.4, 0.5) is 11.4 Å². The van der Waals surface area contributed by atoms with Crippen molar-refractivity contribution in [2.24, 2.45) is 0 Å². The highest BCUT2D eigenvalue weighted by Gasteiger charge is 2.15. The number of nitro benzene ring substituents is 1. The molecule has 1 amide bonds. The summed E-state index contributed by atoms with van der Waals surface area (Å²) in [6.45, 7) is 0.396. The van der Waals surface area contributed by atoms with Crippen LogP contribution in [-0.2, 0) is 11.4 Å². The summed E-state index contributed by atoms with van der Waals surface area (Å²) in [7, 11) is 0. The van der Waals surface area contributed by atoms with Gasteiger partial charge in [-0.15, -0.1) is 0 Å². The van der Waals surface area contributed by atoms with Crippen LogP contribution in [0.15, 0.2) is 76.8 Å². The molecule has 0 heterocycles. The Morgan fingerprint density at radius 1 is 1.16 bits per heavy atom. The second-order valence-corrected chi connectivity index (χ2v) is 7.48. The van der Waals surface area contributed by atoms with Gasteiger partial charge in [0, 0.05) is 10.5 Å². The highest BCUT2D eigenvalue weighted by molar-refractivity contribution is 9.10. The maximum Gasteiger partial charge on any atom is 0.273 e. The fourth-order valence-electron chi connectivity index (χ4n) is 2.65. The number of phenols is 1. The predicted octanol–water partition coefficient (Wildman–Crippen LogP) is 5.19. The van der Waals surface area contributed by atoms with E-state index in [0.717, 1.165) is 22.2 Å². The summed E-state index contributed by atoms with van der Waals surface area (Å²) in [5, 5.41) is 32.3. The number of benzene rings is 3. The fraction of sp³-hybridized carbons (Fsp3) is 0.0435. The lowest BCUT2D eigenvalue weighted by atomic mass is 10.1. The highest BCUT2D eigenvalue weighted by atomic mass is 79.9. The number of nitrogens with zero attached hydrogens (tertiary/aromatic N) is 2. The smallest absolute Gasteiger partial charge is 0.273 e. The first-order valence-electron chi connectivity index (χ1n) is 9.23. The van der Waals surface area contributed by atoms with E-state index in [1.54, 1.807) is 24.3 Å². The van der Waals surface area contributed by atoms with Crippen LogP contribution in [-0.4, -0.2) is 15.9 Å². The van der Waals surface area contributed by atoms with Crippen molar-refractivity contribution in [3.8, 4) is 17.6 Å². The molecule has 0 saturated carbocycles. The zero-order valence-corrected chi connectivity index (χ0v) is 18.1. The van der Waals surface area contributed by atoms with E-state index in [9.17, 15) is 25.3 Å². The molecule has 0 radical (unpaired) electrons. The van der Waals surface area contributed by atoms with Gasteiger partial charge < -0.3 is 15.2 Å². The minimum atomic E-state index is -0.757. The molecular weight excluding hydrogens is 478 g/mol. The molecule has 2 N–H and O–H groups in total. The van der Waals surface area contributed by atoms with Crippen molar-refractivity contribution in [3.05, 3.63) is 98.0 Å². The number of phenolic OH excluding ortho intramolecular Hbond substituents is 1. The van der Waals surface area contributed by atoms with Gasteiger partial charge in [0.25, 0.3) is 11.6 Å². The normalized spacial score (nSPS) is 10.8. The molecule has 0 aliphatic heterocycles. The number of amides is 1. The Bertz CT molecular complexity index is 1220. The molecule has 8 nitrogen and oxygen atoms in total. The molecule has 9 heteroatoms. The van der Waals surface area contributed by atoms with Gasteiger partial charge in [-0.3, -0.25) is 14.9 Å². The number of rotatable bonds is 7. The molecule has 0 fully saturated rings. The van der Waals surface area contributed by atoms with Crippen LogP contribution < -0.4 is 10.1 Å². The molecule has 3 aromatic carbocycles. The van der Waals surface area contributed by atoms with E-state index >= 15 is 0 Å². The average Bonchev–Trinajstić information content (AvgIpc) is 2.79. The van der Waals surface area contributed by atoms with Crippen LogP contribution in [0, 0.1) is 21.4 Å². The van der Waals surface area contributed by atoms with Gasteiger partial charge >= 0.3 is 0 Å². The van der Waals surface area contributed by atoms with Crippen molar-refractivity contribution in [2.75, 3.05) is 5.32 Å². The van der Waals surface area contributed by atoms with Crippen molar-refractivity contribution < 1.29 is 19.6 Å². The van der Waals surface area contributed by atoms with Gasteiger partial charge in [0.2, 0.25) is 0 Å². The number of ether oxygens (including phenoxy) is 1. The third-order valence-corrected chi connectivity index (χ3v) is 4.84. The third kappa shape index (κ3) is 5.93. The van der Waals surface area contributed by atoms with Crippen molar-refractivity contribution in [2.45, 2.75) is 6.61 Å². The van der Waals surface area contributed by atoms with Crippen LogP contribution in [0.5, 0.6) is 11.5 Å². The van der Waals surface area contributed by atoms with E-state index in [1.165, 1.54) is 12.1 Å². The first-order valence-corrected chi connectivity index (χ1v) is 10.0. The summed E-state index contributed by atoms with van der Waals surface area (Å²) in [6.07, 6.45) is 1.39. The lowest BCUT2D eigenvalue weighted by Crippen LogP contribution is -2.13. The summed E-state index contributed by atoms with van der Waals surface area (Å²) in [6, 6.07) is 19.6. The van der Waals surface area contributed by atoms with E-state index in [0.29, 0.717) is 17.9 Å². The molecule has 32 heavy (non-hydrogen) atoms. The van der Waals surface area contributed by atoms with Gasteiger partial charge in [0.05, 0.1) is 16.7 Å². The molecule has 0 aliphatic carbocycles. The molecule has 160 valence electrons. The Balaban J connectivity index is 1.66. The number of carbonyl (C=O) groups is 1. The number of hydrogen-bond donors (Lipinski definition) is 2. The van der Waals surface area contributed by atoms with Gasteiger partial charge in [-0.2, -0.15) is 5.26 Å². The Morgan fingerprint density at radius 3 is 2.44 bits per heavy atom. The molecule has 0 unspecified atom stereocenters. The number of non-ortho nitro benzene ring substituents is 1. The van der Waals surface area contributed by atoms with Gasteiger partial charge in [-0.25, -0.2) is 0 Å². The van der Waals surface area contributed by atoms with Crippen LogP contribution in [0.25, 0.3) is 6.08 Å². The highest BCUT2D eigenvalue weighted by Crippen LogP contribution is 2.28. The number of aromatic hydroxyl groups is 1. The minimum absolute atomic E-state index is 0.0431. The number of halogens is 1. The first-order chi connectivity index (χ1) is 15.4. The Labute approximate surface area is 191 Å². The van der Waals surface area contributed by atoms with Crippen molar-refractivity contribution in [1.82, 2.24) is 0 Å². The topological polar surface area (TPSA) is 125 Å². The zero-order chi connectivity index (χ0) is 23.1. The summed E-state index contributed by atoms with van der Waals surface area (Å²) < 4.78 is 6.71. The van der Waals surface area contributed by atoms with E-state index < -0.39 is 16.6 Å². The van der Waals surface area contributed by atoms with E-state index in [4.69, 9.17) is 4.74 Å². The first kappa shape index (κ1) is 22.5. The number of nitrogens with one attached hydrogen (secondary N) is 1. The van der Waals surface area contributed by atoms with Gasteiger partial charge in [0.1, 0.15) is 29.7 Å².